The highest BCUT2D eigenvalue weighted by atomic mass is 79.9. The largest absolute Gasteiger partial charge is 0.417 e. The van der Waals surface area contributed by atoms with Gasteiger partial charge in [-0.05, 0) is 18.2 Å². The summed E-state index contributed by atoms with van der Waals surface area (Å²) < 4.78 is 39.1. The average molecular weight is 337 g/mol. The Hall–Kier alpha value is -1.08. The summed E-state index contributed by atoms with van der Waals surface area (Å²) >= 11 is 2.99. The first-order chi connectivity index (χ1) is 8.80. The number of carbonyl (C=O) groups is 1. The molecule has 1 N–H and O–H groups in total. The lowest BCUT2D eigenvalue weighted by atomic mass is 10.0. The van der Waals surface area contributed by atoms with Crippen molar-refractivity contribution in [3.05, 3.63) is 33.8 Å². The van der Waals surface area contributed by atoms with Crippen LogP contribution in [0.1, 0.15) is 15.9 Å². The number of alkyl halides is 3. The lowest BCUT2D eigenvalue weighted by Crippen LogP contribution is -2.57. The standard InChI is InChI=1S/C12H12BrF3N2O/c1-18(8-5-17-6-8)11(19)9-3-2-7(13)4-10(9)12(14,15)16/h2-4,8,17H,5-6H2,1H3. The number of amides is 1. The van der Waals surface area contributed by atoms with E-state index >= 15 is 0 Å². The van der Waals surface area contributed by atoms with E-state index in [1.54, 1.807) is 0 Å². The number of nitrogens with one attached hydrogen (secondary N) is 1. The zero-order valence-corrected chi connectivity index (χ0v) is 11.7. The third kappa shape index (κ3) is 2.92. The maximum atomic E-state index is 12.9. The van der Waals surface area contributed by atoms with Crippen molar-refractivity contribution < 1.29 is 18.0 Å². The molecule has 0 unspecified atom stereocenters. The summed E-state index contributed by atoms with van der Waals surface area (Å²) in [5.41, 5.74) is -1.23. The molecule has 0 radical (unpaired) electrons. The SMILES string of the molecule is CN(C(=O)c1ccc(Br)cc1C(F)(F)F)C1CNC1. The van der Waals surface area contributed by atoms with E-state index in [9.17, 15) is 18.0 Å². The molecule has 0 bridgehead atoms. The third-order valence-corrected chi connectivity index (χ3v) is 3.64. The van der Waals surface area contributed by atoms with Crippen molar-refractivity contribution >= 4 is 21.8 Å². The summed E-state index contributed by atoms with van der Waals surface area (Å²) in [5, 5.41) is 2.98. The second-order valence-electron chi connectivity index (χ2n) is 4.42. The second-order valence-corrected chi connectivity index (χ2v) is 5.33. The summed E-state index contributed by atoms with van der Waals surface area (Å²) in [6.07, 6.45) is -4.55. The molecule has 1 aliphatic heterocycles. The van der Waals surface area contributed by atoms with Crippen LogP contribution in [0, 0.1) is 0 Å². The fourth-order valence-electron chi connectivity index (χ4n) is 1.84. The quantitative estimate of drug-likeness (QED) is 0.900. The maximum absolute atomic E-state index is 12.9. The first-order valence-electron chi connectivity index (χ1n) is 5.65. The van der Waals surface area contributed by atoms with E-state index < -0.39 is 17.6 Å². The van der Waals surface area contributed by atoms with Gasteiger partial charge in [-0.25, -0.2) is 0 Å². The molecule has 1 fully saturated rings. The first-order valence-corrected chi connectivity index (χ1v) is 6.44. The number of benzene rings is 1. The highest BCUT2D eigenvalue weighted by molar-refractivity contribution is 9.10. The van der Waals surface area contributed by atoms with Gasteiger partial charge in [-0.2, -0.15) is 13.2 Å². The summed E-state index contributed by atoms with van der Waals surface area (Å²) in [4.78, 5) is 13.5. The molecule has 7 heteroatoms. The Bertz CT molecular complexity index is 500. The summed E-state index contributed by atoms with van der Waals surface area (Å²) in [5.74, 6) is -0.605. The second kappa shape index (κ2) is 5.13. The lowest BCUT2D eigenvalue weighted by Gasteiger charge is -2.36. The minimum absolute atomic E-state index is 0.0442. The van der Waals surface area contributed by atoms with Gasteiger partial charge < -0.3 is 10.2 Å². The van der Waals surface area contributed by atoms with E-state index in [-0.39, 0.29) is 11.6 Å². The lowest BCUT2D eigenvalue weighted by molar-refractivity contribution is -0.138. The molecule has 0 saturated carbocycles. The average Bonchev–Trinajstić information content (AvgIpc) is 2.24. The van der Waals surface area contributed by atoms with Crippen LogP contribution in [0.25, 0.3) is 0 Å². The monoisotopic (exact) mass is 336 g/mol. The molecule has 0 aromatic heterocycles. The van der Waals surface area contributed by atoms with Crippen molar-refractivity contribution in [2.45, 2.75) is 12.2 Å². The van der Waals surface area contributed by atoms with Gasteiger partial charge in [-0.1, -0.05) is 15.9 Å². The molecule has 1 heterocycles. The molecule has 3 nitrogen and oxygen atoms in total. The van der Waals surface area contributed by atoms with E-state index in [2.05, 4.69) is 21.2 Å². The smallest absolute Gasteiger partial charge is 0.336 e. The maximum Gasteiger partial charge on any atom is 0.417 e. The highest BCUT2D eigenvalue weighted by Crippen LogP contribution is 2.34. The van der Waals surface area contributed by atoms with Gasteiger partial charge in [0, 0.05) is 24.6 Å². The van der Waals surface area contributed by atoms with Gasteiger partial charge in [0.2, 0.25) is 0 Å². The number of carbonyl (C=O) groups excluding carboxylic acids is 1. The Morgan fingerprint density at radius 1 is 1.42 bits per heavy atom. The molecule has 1 aliphatic rings. The number of halogens is 4. The summed E-state index contributed by atoms with van der Waals surface area (Å²) in [6.45, 7) is 1.22. The Balaban J connectivity index is 2.35. The van der Waals surface area contributed by atoms with Crippen LogP contribution in [0.2, 0.25) is 0 Å². The normalized spacial score (nSPS) is 16.1. The van der Waals surface area contributed by atoms with Crippen molar-refractivity contribution in [1.29, 1.82) is 0 Å². The first kappa shape index (κ1) is 14.3. The summed E-state index contributed by atoms with van der Waals surface area (Å²) in [7, 11) is 1.52. The van der Waals surface area contributed by atoms with Gasteiger partial charge >= 0.3 is 6.18 Å². The molecule has 19 heavy (non-hydrogen) atoms. The Morgan fingerprint density at radius 3 is 2.53 bits per heavy atom. The van der Waals surface area contributed by atoms with E-state index in [0.717, 1.165) is 6.07 Å². The zero-order chi connectivity index (χ0) is 14.2. The molecule has 1 aromatic carbocycles. The minimum Gasteiger partial charge on any atom is -0.336 e. The molecule has 104 valence electrons. The minimum atomic E-state index is -4.55. The Labute approximate surface area is 116 Å². The van der Waals surface area contributed by atoms with Crippen molar-refractivity contribution in [2.24, 2.45) is 0 Å². The van der Waals surface area contributed by atoms with Crippen molar-refractivity contribution in [3.8, 4) is 0 Å². The van der Waals surface area contributed by atoms with Crippen LogP contribution in [0.3, 0.4) is 0 Å². The fourth-order valence-corrected chi connectivity index (χ4v) is 2.20. The van der Waals surface area contributed by atoms with Gasteiger partial charge in [0.15, 0.2) is 0 Å². The fraction of sp³-hybridized carbons (Fsp3) is 0.417. The van der Waals surface area contributed by atoms with Crippen molar-refractivity contribution in [1.82, 2.24) is 10.2 Å². The zero-order valence-electron chi connectivity index (χ0n) is 10.1. The number of likely N-dealkylation sites (N-methyl/N-ethyl adjacent to an activating group) is 1. The molecule has 1 saturated heterocycles. The molecular weight excluding hydrogens is 325 g/mol. The summed E-state index contributed by atoms with van der Waals surface area (Å²) in [6, 6.07) is 3.53. The number of hydrogen-bond donors (Lipinski definition) is 1. The van der Waals surface area contributed by atoms with E-state index in [4.69, 9.17) is 0 Å². The van der Waals surface area contributed by atoms with Gasteiger partial charge in [0.1, 0.15) is 0 Å². The Kier molecular flexibility index (Phi) is 3.87. The van der Waals surface area contributed by atoms with Gasteiger partial charge in [0.25, 0.3) is 5.91 Å². The molecule has 1 amide bonds. The van der Waals surface area contributed by atoms with Crippen LogP contribution in [-0.2, 0) is 6.18 Å². The van der Waals surface area contributed by atoms with Crippen molar-refractivity contribution in [3.63, 3.8) is 0 Å². The third-order valence-electron chi connectivity index (χ3n) is 3.15. The van der Waals surface area contributed by atoms with Gasteiger partial charge in [0.05, 0.1) is 17.2 Å². The molecule has 0 aliphatic carbocycles. The Morgan fingerprint density at radius 2 is 2.05 bits per heavy atom. The molecular formula is C12H12BrF3N2O. The van der Waals surface area contributed by atoms with Crippen LogP contribution >= 0.6 is 15.9 Å². The van der Waals surface area contributed by atoms with Crippen LogP contribution in [0.5, 0.6) is 0 Å². The van der Waals surface area contributed by atoms with Crippen LogP contribution in [-0.4, -0.2) is 37.0 Å². The molecule has 1 aromatic rings. The predicted octanol–water partition coefficient (Wildman–Crippen LogP) is 2.51. The molecule has 2 rings (SSSR count). The van der Waals surface area contributed by atoms with Crippen LogP contribution in [0.4, 0.5) is 13.2 Å². The highest BCUT2D eigenvalue weighted by Gasteiger charge is 2.37. The van der Waals surface area contributed by atoms with Gasteiger partial charge in [-0.15, -0.1) is 0 Å². The van der Waals surface area contributed by atoms with E-state index in [1.165, 1.54) is 24.1 Å². The predicted molar refractivity (Wildman–Crippen MR) is 67.9 cm³/mol. The van der Waals surface area contributed by atoms with E-state index in [1.807, 2.05) is 0 Å². The van der Waals surface area contributed by atoms with Crippen LogP contribution < -0.4 is 5.32 Å². The van der Waals surface area contributed by atoms with Gasteiger partial charge in [-0.3, -0.25) is 4.79 Å². The molecule has 0 spiro atoms. The topological polar surface area (TPSA) is 32.3 Å². The molecule has 0 atom stereocenters. The van der Waals surface area contributed by atoms with Crippen LogP contribution in [0.15, 0.2) is 22.7 Å². The number of hydrogen-bond acceptors (Lipinski definition) is 2. The number of nitrogens with zero attached hydrogens (tertiary/aromatic N) is 1. The number of rotatable bonds is 2. The van der Waals surface area contributed by atoms with Crippen molar-refractivity contribution in [2.75, 3.05) is 20.1 Å². The van der Waals surface area contributed by atoms with E-state index in [0.29, 0.717) is 17.6 Å².